The van der Waals surface area contributed by atoms with E-state index < -0.39 is 17.7 Å². The molecule has 4 rings (SSSR count). The van der Waals surface area contributed by atoms with Crippen molar-refractivity contribution in [3.8, 4) is 11.5 Å². The number of amides is 1. The molecule has 7 nitrogen and oxygen atoms in total. The quantitative estimate of drug-likeness (QED) is 0.299. The van der Waals surface area contributed by atoms with Crippen molar-refractivity contribution in [3.05, 3.63) is 94.8 Å². The number of hydrogen-bond acceptors (Lipinski definition) is 6. The Morgan fingerprint density at radius 1 is 0.972 bits per heavy atom. The molecule has 0 aliphatic carbocycles. The number of likely N-dealkylation sites (tertiary alicyclic amines) is 1. The molecule has 1 aliphatic heterocycles. The number of aliphatic hydroxyl groups is 1. The van der Waals surface area contributed by atoms with Crippen LogP contribution in [0, 0.1) is 0 Å². The number of Topliss-reactive ketones (excluding diaryl/α,β-unsaturated/α-hetero) is 1. The minimum Gasteiger partial charge on any atom is -0.507 e. The number of benzene rings is 2. The van der Waals surface area contributed by atoms with Crippen molar-refractivity contribution in [2.45, 2.75) is 38.8 Å². The molecule has 1 aliphatic rings. The normalized spacial score (nSPS) is 17.4. The van der Waals surface area contributed by atoms with Crippen molar-refractivity contribution in [1.29, 1.82) is 0 Å². The third-order valence-corrected chi connectivity index (χ3v) is 6.36. The third kappa shape index (κ3) is 4.56. The largest absolute Gasteiger partial charge is 0.507 e. The van der Waals surface area contributed by atoms with Crippen LogP contribution in [-0.4, -0.2) is 40.9 Å². The van der Waals surface area contributed by atoms with Crippen molar-refractivity contribution in [3.63, 3.8) is 0 Å². The second-order valence-corrected chi connectivity index (χ2v) is 9.69. The Kier molecular flexibility index (Phi) is 6.84. The molecule has 1 fully saturated rings. The highest BCUT2D eigenvalue weighted by atomic mass is 16.5. The van der Waals surface area contributed by atoms with Gasteiger partial charge in [0, 0.05) is 35.6 Å². The van der Waals surface area contributed by atoms with E-state index in [4.69, 9.17) is 9.47 Å². The number of pyridine rings is 1. The van der Waals surface area contributed by atoms with Crippen LogP contribution in [0.4, 0.5) is 0 Å². The molecule has 0 spiro atoms. The maximum atomic E-state index is 13.4. The lowest BCUT2D eigenvalue weighted by Gasteiger charge is -2.27. The zero-order valence-electron chi connectivity index (χ0n) is 21.1. The maximum Gasteiger partial charge on any atom is 0.295 e. The van der Waals surface area contributed by atoms with Gasteiger partial charge in [0.15, 0.2) is 0 Å². The fourth-order valence-corrected chi connectivity index (χ4v) is 4.54. The Morgan fingerprint density at radius 3 is 2.28 bits per heavy atom. The van der Waals surface area contributed by atoms with E-state index >= 15 is 0 Å². The van der Waals surface area contributed by atoms with Crippen molar-refractivity contribution >= 4 is 17.4 Å². The molecule has 0 radical (unpaired) electrons. The van der Waals surface area contributed by atoms with Crippen LogP contribution in [0.25, 0.3) is 5.76 Å². The first-order chi connectivity index (χ1) is 17.2. The van der Waals surface area contributed by atoms with E-state index in [1.54, 1.807) is 55.9 Å². The van der Waals surface area contributed by atoms with Gasteiger partial charge in [-0.1, -0.05) is 39.0 Å². The van der Waals surface area contributed by atoms with Crippen molar-refractivity contribution in [2.24, 2.45) is 0 Å². The molecule has 7 heteroatoms. The molecular formula is C29H30N2O5. The summed E-state index contributed by atoms with van der Waals surface area (Å²) < 4.78 is 11.1. The summed E-state index contributed by atoms with van der Waals surface area (Å²) in [7, 11) is 3.13. The monoisotopic (exact) mass is 486 g/mol. The second-order valence-electron chi connectivity index (χ2n) is 9.69. The summed E-state index contributed by atoms with van der Waals surface area (Å²) in [4.78, 5) is 32.2. The van der Waals surface area contributed by atoms with E-state index in [-0.39, 0.29) is 23.3 Å². The van der Waals surface area contributed by atoms with E-state index in [1.165, 1.54) is 12.0 Å². The smallest absolute Gasteiger partial charge is 0.295 e. The number of carbonyl (C=O) groups is 2. The highest BCUT2D eigenvalue weighted by Crippen LogP contribution is 2.44. The van der Waals surface area contributed by atoms with Gasteiger partial charge < -0.3 is 19.5 Å². The molecule has 1 N–H and O–H groups in total. The highest BCUT2D eigenvalue weighted by Gasteiger charge is 2.47. The molecule has 3 aromatic rings. The van der Waals surface area contributed by atoms with Crippen LogP contribution in [0.15, 0.2) is 72.6 Å². The lowest BCUT2D eigenvalue weighted by molar-refractivity contribution is -0.140. The summed E-state index contributed by atoms with van der Waals surface area (Å²) in [6, 6.07) is 15.2. The zero-order valence-corrected chi connectivity index (χ0v) is 21.1. The van der Waals surface area contributed by atoms with Crippen molar-refractivity contribution < 1.29 is 24.2 Å². The fraction of sp³-hybridized carbons (Fsp3) is 0.276. The Hall–Kier alpha value is -4.13. The number of ketones is 1. The van der Waals surface area contributed by atoms with Crippen molar-refractivity contribution in [2.75, 3.05) is 14.2 Å². The lowest BCUT2D eigenvalue weighted by Crippen LogP contribution is -2.29. The van der Waals surface area contributed by atoms with E-state index in [2.05, 4.69) is 4.98 Å². The number of aromatic nitrogens is 1. The third-order valence-electron chi connectivity index (χ3n) is 6.36. The van der Waals surface area contributed by atoms with E-state index in [0.717, 1.165) is 11.1 Å². The summed E-state index contributed by atoms with van der Waals surface area (Å²) in [5.41, 5.74) is 2.46. The number of rotatable bonds is 6. The number of methoxy groups -OCH3 is 2. The Balaban J connectivity index is 1.93. The topological polar surface area (TPSA) is 89.0 Å². The first-order valence-electron chi connectivity index (χ1n) is 11.7. The summed E-state index contributed by atoms with van der Waals surface area (Å²) >= 11 is 0. The molecular weight excluding hydrogens is 456 g/mol. The van der Waals surface area contributed by atoms with Gasteiger partial charge in [0.2, 0.25) is 0 Å². The molecule has 2 heterocycles. The van der Waals surface area contributed by atoms with Crippen LogP contribution in [0.5, 0.6) is 11.5 Å². The van der Waals surface area contributed by atoms with Gasteiger partial charge in [-0.05, 0) is 47.4 Å². The number of carbonyl (C=O) groups excluding carboxylic acids is 2. The molecule has 1 aromatic heterocycles. The van der Waals surface area contributed by atoms with Crippen molar-refractivity contribution in [1.82, 2.24) is 9.88 Å². The van der Waals surface area contributed by atoms with Gasteiger partial charge in [0.25, 0.3) is 11.7 Å². The van der Waals surface area contributed by atoms with Crippen LogP contribution in [-0.2, 0) is 21.5 Å². The van der Waals surface area contributed by atoms with Crippen LogP contribution < -0.4 is 9.47 Å². The first-order valence-corrected chi connectivity index (χ1v) is 11.7. The minimum absolute atomic E-state index is 0.0172. The van der Waals surface area contributed by atoms with Gasteiger partial charge in [-0.2, -0.15) is 0 Å². The molecule has 1 unspecified atom stereocenters. The predicted molar refractivity (Wildman–Crippen MR) is 137 cm³/mol. The number of aliphatic hydroxyl groups excluding tert-OH is 1. The molecule has 36 heavy (non-hydrogen) atoms. The lowest BCUT2D eigenvalue weighted by atomic mass is 9.84. The van der Waals surface area contributed by atoms with Gasteiger partial charge in [-0.25, -0.2) is 0 Å². The second kappa shape index (κ2) is 9.85. The standard InChI is InChI=1S/C29H30N2O5/c1-29(2,3)21-16-19(10-11-23(21)36-5)26(32)24-25(20-8-6-7-9-22(20)35-4)31(28(34)27(24)33)17-18-12-14-30-15-13-18/h6-16,25,32H,17H2,1-5H3/b26-24+. The van der Waals surface area contributed by atoms with Gasteiger partial charge in [0.1, 0.15) is 17.3 Å². The Morgan fingerprint density at radius 2 is 1.64 bits per heavy atom. The first kappa shape index (κ1) is 25.0. The zero-order chi connectivity index (χ0) is 26.0. The molecule has 1 amide bonds. The number of ether oxygens (including phenoxy) is 2. The van der Waals surface area contributed by atoms with E-state index in [0.29, 0.717) is 22.6 Å². The predicted octanol–water partition coefficient (Wildman–Crippen LogP) is 5.02. The maximum absolute atomic E-state index is 13.4. The Labute approximate surface area is 211 Å². The molecule has 1 saturated heterocycles. The van der Waals surface area contributed by atoms with Crippen LogP contribution in [0.1, 0.15) is 49.1 Å². The summed E-state index contributed by atoms with van der Waals surface area (Å²) in [6.45, 7) is 6.29. The average Bonchev–Trinajstić information content (AvgIpc) is 3.12. The highest BCUT2D eigenvalue weighted by molar-refractivity contribution is 6.46. The summed E-state index contributed by atoms with van der Waals surface area (Å²) in [5.74, 6) is -0.479. The summed E-state index contributed by atoms with van der Waals surface area (Å²) in [6.07, 6.45) is 3.27. The van der Waals surface area contributed by atoms with Gasteiger partial charge in [-0.15, -0.1) is 0 Å². The minimum atomic E-state index is -0.838. The van der Waals surface area contributed by atoms with E-state index in [9.17, 15) is 14.7 Å². The molecule has 2 aromatic carbocycles. The van der Waals surface area contributed by atoms with Crippen LogP contribution in [0.2, 0.25) is 0 Å². The van der Waals surface area contributed by atoms with Gasteiger partial charge in [0.05, 0.1) is 25.8 Å². The van der Waals surface area contributed by atoms with E-state index in [1.807, 2.05) is 39.0 Å². The SMILES string of the molecule is COc1ccccc1C1/C(=C(\O)c2ccc(OC)c(C(C)(C)C)c2)C(=O)C(=O)N1Cc1ccncc1. The summed E-state index contributed by atoms with van der Waals surface area (Å²) in [5, 5.41) is 11.5. The number of para-hydroxylation sites is 1. The molecule has 186 valence electrons. The van der Waals surface area contributed by atoms with Crippen LogP contribution >= 0.6 is 0 Å². The average molecular weight is 487 g/mol. The fourth-order valence-electron chi connectivity index (χ4n) is 4.54. The van der Waals surface area contributed by atoms with Gasteiger partial charge >= 0.3 is 0 Å². The van der Waals surface area contributed by atoms with Gasteiger partial charge in [-0.3, -0.25) is 14.6 Å². The van der Waals surface area contributed by atoms with Crippen LogP contribution in [0.3, 0.4) is 0 Å². The number of hydrogen-bond donors (Lipinski definition) is 1. The Bertz CT molecular complexity index is 1320. The molecule has 1 atom stereocenters. The number of nitrogens with zero attached hydrogens (tertiary/aromatic N) is 2. The molecule has 0 saturated carbocycles. The molecule has 0 bridgehead atoms.